The van der Waals surface area contributed by atoms with Gasteiger partial charge in [-0.2, -0.15) is 0 Å². The summed E-state index contributed by atoms with van der Waals surface area (Å²) in [5.41, 5.74) is -0.107. The van der Waals surface area contributed by atoms with E-state index in [1.54, 1.807) is 0 Å². The van der Waals surface area contributed by atoms with Crippen molar-refractivity contribution in [3.63, 3.8) is 0 Å². The van der Waals surface area contributed by atoms with Crippen LogP contribution in [-0.4, -0.2) is 11.6 Å². The van der Waals surface area contributed by atoms with Gasteiger partial charge < -0.3 is 4.74 Å². The van der Waals surface area contributed by atoms with Gasteiger partial charge in [0, 0.05) is 6.42 Å². The Morgan fingerprint density at radius 1 is 0.920 bits per heavy atom. The zero-order chi connectivity index (χ0) is 17.6. The standard InChI is InChI=1S/C23H38O2/c1-4-15-11-16(5-2)22-19-13-18(21(15)22)12-17(19)14-20(24)25-23(6-3)9-7-8-10-23/h15-19,21-22H,4-14H2,1-3H3. The summed E-state index contributed by atoms with van der Waals surface area (Å²) in [7, 11) is 0. The van der Waals surface area contributed by atoms with Crippen LogP contribution >= 0.6 is 0 Å². The molecule has 0 amide bonds. The highest BCUT2D eigenvalue weighted by Crippen LogP contribution is 2.66. The van der Waals surface area contributed by atoms with Crippen LogP contribution < -0.4 is 0 Å². The number of hydrogen-bond acceptors (Lipinski definition) is 2. The number of carbonyl (C=O) groups is 1. The Morgan fingerprint density at radius 2 is 1.60 bits per heavy atom. The molecular formula is C23H38O2. The molecule has 4 fully saturated rings. The van der Waals surface area contributed by atoms with Crippen molar-refractivity contribution >= 4 is 5.97 Å². The summed E-state index contributed by atoms with van der Waals surface area (Å²) in [5.74, 6) is 6.31. The first-order valence-electron chi connectivity index (χ1n) is 11.3. The molecule has 4 aliphatic rings. The molecule has 25 heavy (non-hydrogen) atoms. The van der Waals surface area contributed by atoms with E-state index in [-0.39, 0.29) is 11.6 Å². The molecule has 0 aromatic rings. The number of rotatable bonds is 6. The zero-order valence-electron chi connectivity index (χ0n) is 16.6. The van der Waals surface area contributed by atoms with Crippen molar-refractivity contribution in [2.24, 2.45) is 41.4 Å². The lowest BCUT2D eigenvalue weighted by molar-refractivity contribution is -0.161. The third-order valence-electron chi connectivity index (χ3n) is 8.93. The molecule has 0 radical (unpaired) electrons. The smallest absolute Gasteiger partial charge is 0.306 e. The van der Waals surface area contributed by atoms with E-state index in [4.69, 9.17) is 4.74 Å². The van der Waals surface area contributed by atoms with Crippen LogP contribution in [0.3, 0.4) is 0 Å². The van der Waals surface area contributed by atoms with Gasteiger partial charge in [-0.1, -0.05) is 33.6 Å². The van der Waals surface area contributed by atoms with Crippen LogP contribution in [0.5, 0.6) is 0 Å². The Hall–Kier alpha value is -0.530. The fourth-order valence-corrected chi connectivity index (χ4v) is 7.81. The second kappa shape index (κ2) is 6.89. The average molecular weight is 347 g/mol. The van der Waals surface area contributed by atoms with Gasteiger partial charge in [-0.3, -0.25) is 4.79 Å². The lowest BCUT2D eigenvalue weighted by Gasteiger charge is -2.36. The van der Waals surface area contributed by atoms with E-state index in [9.17, 15) is 4.79 Å². The minimum absolute atomic E-state index is 0.107. The Balaban J connectivity index is 1.40. The van der Waals surface area contributed by atoms with Gasteiger partial charge in [-0.25, -0.2) is 0 Å². The van der Waals surface area contributed by atoms with Crippen molar-refractivity contribution in [2.75, 3.05) is 0 Å². The maximum absolute atomic E-state index is 12.7. The number of fused-ring (bicyclic) bond motifs is 5. The van der Waals surface area contributed by atoms with Crippen LogP contribution in [0.4, 0.5) is 0 Å². The summed E-state index contributed by atoms with van der Waals surface area (Å²) in [6.07, 6.45) is 13.3. The number of esters is 1. The number of hydrogen-bond donors (Lipinski definition) is 0. The van der Waals surface area contributed by atoms with Crippen LogP contribution in [-0.2, 0) is 9.53 Å². The van der Waals surface area contributed by atoms with Gasteiger partial charge in [0.05, 0.1) is 0 Å². The largest absolute Gasteiger partial charge is 0.459 e. The van der Waals surface area contributed by atoms with Crippen molar-refractivity contribution in [1.82, 2.24) is 0 Å². The third-order valence-corrected chi connectivity index (χ3v) is 8.93. The Morgan fingerprint density at radius 3 is 2.24 bits per heavy atom. The van der Waals surface area contributed by atoms with E-state index in [0.717, 1.165) is 54.8 Å². The minimum atomic E-state index is -0.107. The normalized spacial score (nSPS) is 44.2. The molecule has 2 bridgehead atoms. The molecule has 4 saturated carbocycles. The molecule has 0 N–H and O–H groups in total. The molecule has 4 aliphatic carbocycles. The molecule has 142 valence electrons. The van der Waals surface area contributed by atoms with Gasteiger partial charge in [-0.15, -0.1) is 0 Å². The van der Waals surface area contributed by atoms with Crippen molar-refractivity contribution in [1.29, 1.82) is 0 Å². The van der Waals surface area contributed by atoms with E-state index in [1.807, 2.05) is 0 Å². The summed E-state index contributed by atoms with van der Waals surface area (Å²) >= 11 is 0. The maximum Gasteiger partial charge on any atom is 0.306 e. The zero-order valence-corrected chi connectivity index (χ0v) is 16.6. The second-order valence-corrected chi connectivity index (χ2v) is 9.80. The molecular weight excluding hydrogens is 308 g/mol. The summed E-state index contributed by atoms with van der Waals surface area (Å²) in [6, 6.07) is 0. The average Bonchev–Trinajstić information content (AvgIpc) is 3.35. The van der Waals surface area contributed by atoms with E-state index in [2.05, 4.69) is 20.8 Å². The van der Waals surface area contributed by atoms with Crippen molar-refractivity contribution < 1.29 is 9.53 Å². The molecule has 0 saturated heterocycles. The summed E-state index contributed by atoms with van der Waals surface area (Å²) < 4.78 is 6.09. The van der Waals surface area contributed by atoms with Crippen LogP contribution in [0.2, 0.25) is 0 Å². The van der Waals surface area contributed by atoms with E-state index >= 15 is 0 Å². The van der Waals surface area contributed by atoms with Gasteiger partial charge >= 0.3 is 5.97 Å². The summed E-state index contributed by atoms with van der Waals surface area (Å²) in [5, 5.41) is 0. The molecule has 0 aliphatic heterocycles. The highest BCUT2D eigenvalue weighted by molar-refractivity contribution is 5.70. The third kappa shape index (κ3) is 2.96. The Kier molecular flexibility index (Phi) is 4.92. The SMILES string of the molecule is CCC1CC(CC)C2C3CC(CC3CC(=O)OC3(CC)CCCC3)C12. The van der Waals surface area contributed by atoms with Crippen molar-refractivity contribution in [3.05, 3.63) is 0 Å². The van der Waals surface area contributed by atoms with Crippen LogP contribution in [0.15, 0.2) is 0 Å². The maximum atomic E-state index is 12.7. The van der Waals surface area contributed by atoms with Gasteiger partial charge in [0.1, 0.15) is 5.60 Å². The molecule has 0 aromatic carbocycles. The lowest BCUT2D eigenvalue weighted by Crippen LogP contribution is -2.34. The van der Waals surface area contributed by atoms with E-state index < -0.39 is 0 Å². The molecule has 7 atom stereocenters. The highest BCUT2D eigenvalue weighted by Gasteiger charge is 2.59. The van der Waals surface area contributed by atoms with Crippen molar-refractivity contribution in [2.45, 2.75) is 97.0 Å². The monoisotopic (exact) mass is 346 g/mol. The Bertz CT molecular complexity index is 492. The fourth-order valence-electron chi connectivity index (χ4n) is 7.81. The Labute approximate surface area is 154 Å². The van der Waals surface area contributed by atoms with Gasteiger partial charge in [0.15, 0.2) is 0 Å². The predicted octanol–water partition coefficient (Wildman–Crippen LogP) is 5.99. The van der Waals surface area contributed by atoms with Crippen LogP contribution in [0.25, 0.3) is 0 Å². The molecule has 4 rings (SSSR count). The molecule has 2 heteroatoms. The van der Waals surface area contributed by atoms with Crippen LogP contribution in [0, 0.1) is 41.4 Å². The molecule has 2 nitrogen and oxygen atoms in total. The molecule has 7 unspecified atom stereocenters. The molecule has 0 heterocycles. The summed E-state index contributed by atoms with van der Waals surface area (Å²) in [4.78, 5) is 12.7. The highest BCUT2D eigenvalue weighted by atomic mass is 16.6. The van der Waals surface area contributed by atoms with Gasteiger partial charge in [0.2, 0.25) is 0 Å². The predicted molar refractivity (Wildman–Crippen MR) is 101 cm³/mol. The van der Waals surface area contributed by atoms with E-state index in [0.29, 0.717) is 12.3 Å². The van der Waals surface area contributed by atoms with Crippen molar-refractivity contribution in [3.8, 4) is 0 Å². The van der Waals surface area contributed by atoms with Gasteiger partial charge in [0.25, 0.3) is 0 Å². The van der Waals surface area contributed by atoms with Crippen LogP contribution in [0.1, 0.15) is 91.4 Å². The molecule has 0 spiro atoms. The van der Waals surface area contributed by atoms with E-state index in [1.165, 1.54) is 44.9 Å². The molecule has 0 aromatic heterocycles. The minimum Gasteiger partial charge on any atom is -0.459 e. The van der Waals surface area contributed by atoms with Gasteiger partial charge in [-0.05, 0) is 92.8 Å². The number of ether oxygens (including phenoxy) is 1. The quantitative estimate of drug-likeness (QED) is 0.552. The number of carbonyl (C=O) groups excluding carboxylic acids is 1. The topological polar surface area (TPSA) is 26.3 Å². The lowest BCUT2D eigenvalue weighted by atomic mass is 9.70. The summed E-state index contributed by atoms with van der Waals surface area (Å²) in [6.45, 7) is 6.97. The first kappa shape index (κ1) is 17.9. The fraction of sp³-hybridized carbons (Fsp3) is 0.957. The first-order valence-corrected chi connectivity index (χ1v) is 11.3. The second-order valence-electron chi connectivity index (χ2n) is 9.80. The first-order chi connectivity index (χ1) is 12.1.